The molecular weight excluding hydrogens is 404 g/mol. The van der Waals surface area contributed by atoms with Crippen molar-refractivity contribution in [3.05, 3.63) is 35.8 Å². The number of hydrogen-bond donors (Lipinski definition) is 3. The number of pyridine rings is 1. The van der Waals surface area contributed by atoms with Crippen molar-refractivity contribution in [3.63, 3.8) is 0 Å². The molecule has 2 heterocycles. The van der Waals surface area contributed by atoms with Gasteiger partial charge in [-0.3, -0.25) is 14.0 Å². The molecule has 0 radical (unpaired) electrons. The summed E-state index contributed by atoms with van der Waals surface area (Å²) in [6.07, 6.45) is 6.01. The predicted octanol–water partition coefficient (Wildman–Crippen LogP) is 3.27. The Labute approximate surface area is 190 Å². The van der Waals surface area contributed by atoms with Gasteiger partial charge in [0.05, 0.1) is 12.6 Å². The lowest BCUT2D eigenvalue weighted by Crippen LogP contribution is -2.54. The standard InChI is InChI=1S/C25H36N4O3/c1-15(2)10-18(14-30)27-23(31)20-13-29-21(6-5-7-22(29)28-20)24(32)26-12-16-8-9-17-11-19(16)25(17,3)4/h5-7,13,15-19,30H,8-12,14H2,1-4H3,(H,26,32)(H,27,31)/t16-,17-,18+,19-/m0/s1. The van der Waals surface area contributed by atoms with E-state index in [0.29, 0.717) is 47.5 Å². The number of hydrogen-bond acceptors (Lipinski definition) is 4. The summed E-state index contributed by atoms with van der Waals surface area (Å²) >= 11 is 0. The Bertz CT molecular complexity index is 994. The molecule has 32 heavy (non-hydrogen) atoms. The van der Waals surface area contributed by atoms with Crippen LogP contribution < -0.4 is 10.6 Å². The number of nitrogens with one attached hydrogen (secondary N) is 2. The van der Waals surface area contributed by atoms with E-state index in [-0.39, 0.29) is 30.2 Å². The zero-order valence-electron chi connectivity index (χ0n) is 19.6. The molecule has 2 aromatic heterocycles. The van der Waals surface area contributed by atoms with Crippen LogP contribution >= 0.6 is 0 Å². The van der Waals surface area contributed by atoms with Gasteiger partial charge in [0.1, 0.15) is 17.0 Å². The van der Waals surface area contributed by atoms with Crippen molar-refractivity contribution < 1.29 is 14.7 Å². The first kappa shape index (κ1) is 22.8. The lowest BCUT2D eigenvalue weighted by molar-refractivity contribution is -0.103. The molecule has 3 fully saturated rings. The Hall–Kier alpha value is -2.41. The van der Waals surface area contributed by atoms with E-state index in [1.54, 1.807) is 28.8 Å². The Balaban J connectivity index is 1.44. The number of fused-ring (bicyclic) bond motifs is 3. The van der Waals surface area contributed by atoms with Gasteiger partial charge in [-0.1, -0.05) is 33.8 Å². The van der Waals surface area contributed by atoms with Crippen LogP contribution in [-0.2, 0) is 0 Å². The molecule has 2 bridgehead atoms. The number of carbonyl (C=O) groups excluding carboxylic acids is 2. The first-order chi connectivity index (χ1) is 15.2. The van der Waals surface area contributed by atoms with E-state index in [1.807, 2.05) is 13.8 Å². The molecule has 3 aliphatic carbocycles. The highest BCUT2D eigenvalue weighted by molar-refractivity contribution is 5.95. The largest absolute Gasteiger partial charge is 0.394 e. The van der Waals surface area contributed by atoms with Crippen LogP contribution in [0, 0.1) is 29.1 Å². The van der Waals surface area contributed by atoms with Crippen LogP contribution in [0.5, 0.6) is 0 Å². The third-order valence-corrected chi connectivity index (χ3v) is 7.80. The molecule has 0 aromatic carbocycles. The average molecular weight is 441 g/mol. The highest BCUT2D eigenvalue weighted by Gasteiger charge is 2.53. The zero-order valence-corrected chi connectivity index (χ0v) is 19.6. The molecule has 2 aromatic rings. The minimum Gasteiger partial charge on any atom is -0.394 e. The molecular formula is C25H36N4O3. The number of amides is 2. The topological polar surface area (TPSA) is 95.7 Å². The second kappa shape index (κ2) is 8.85. The number of imidazole rings is 1. The van der Waals surface area contributed by atoms with Gasteiger partial charge in [0.15, 0.2) is 0 Å². The minimum absolute atomic E-state index is 0.120. The van der Waals surface area contributed by atoms with Crippen LogP contribution in [-0.4, -0.2) is 45.5 Å². The van der Waals surface area contributed by atoms with Crippen LogP contribution in [0.2, 0.25) is 0 Å². The van der Waals surface area contributed by atoms with Crippen molar-refractivity contribution in [3.8, 4) is 0 Å². The van der Waals surface area contributed by atoms with E-state index in [2.05, 4.69) is 29.5 Å². The lowest BCUT2D eigenvalue weighted by Gasteiger charge is -2.60. The van der Waals surface area contributed by atoms with Crippen LogP contribution in [0.3, 0.4) is 0 Å². The third kappa shape index (κ3) is 4.27. The minimum atomic E-state index is -0.344. The summed E-state index contributed by atoms with van der Waals surface area (Å²) in [5.41, 5.74) is 1.65. The van der Waals surface area contributed by atoms with Gasteiger partial charge in [-0.25, -0.2) is 4.98 Å². The van der Waals surface area contributed by atoms with Gasteiger partial charge in [-0.2, -0.15) is 0 Å². The number of rotatable bonds is 8. The van der Waals surface area contributed by atoms with E-state index in [4.69, 9.17) is 0 Å². The Morgan fingerprint density at radius 3 is 2.69 bits per heavy atom. The van der Waals surface area contributed by atoms with Crippen molar-refractivity contribution >= 4 is 17.5 Å². The second-order valence-electron chi connectivity index (χ2n) is 10.7. The molecule has 0 saturated heterocycles. The second-order valence-corrected chi connectivity index (χ2v) is 10.7. The van der Waals surface area contributed by atoms with Gasteiger partial charge < -0.3 is 15.7 Å². The molecule has 3 aliphatic rings. The van der Waals surface area contributed by atoms with Crippen LogP contribution in [0.4, 0.5) is 0 Å². The first-order valence-electron chi connectivity index (χ1n) is 11.9. The fraction of sp³-hybridized carbons (Fsp3) is 0.640. The molecule has 174 valence electrons. The maximum Gasteiger partial charge on any atom is 0.271 e. The monoisotopic (exact) mass is 440 g/mol. The predicted molar refractivity (Wildman–Crippen MR) is 123 cm³/mol. The number of carbonyl (C=O) groups is 2. The van der Waals surface area contributed by atoms with Gasteiger partial charge >= 0.3 is 0 Å². The number of aliphatic hydroxyl groups excluding tert-OH is 1. The molecule has 3 N–H and O–H groups in total. The van der Waals surface area contributed by atoms with Crippen molar-refractivity contribution in [2.75, 3.05) is 13.2 Å². The molecule has 0 unspecified atom stereocenters. The van der Waals surface area contributed by atoms with Crippen molar-refractivity contribution in [2.45, 2.75) is 59.4 Å². The smallest absolute Gasteiger partial charge is 0.271 e. The summed E-state index contributed by atoms with van der Waals surface area (Å²) in [6, 6.07) is 5.00. The summed E-state index contributed by atoms with van der Waals surface area (Å²) in [7, 11) is 0. The molecule has 7 heteroatoms. The van der Waals surface area contributed by atoms with E-state index in [1.165, 1.54) is 19.3 Å². The van der Waals surface area contributed by atoms with Gasteiger partial charge in [0.2, 0.25) is 0 Å². The number of nitrogens with zero attached hydrogens (tertiary/aromatic N) is 2. The summed E-state index contributed by atoms with van der Waals surface area (Å²) in [5, 5.41) is 15.5. The maximum atomic E-state index is 13.0. The molecule has 7 nitrogen and oxygen atoms in total. The molecule has 4 atom stereocenters. The van der Waals surface area contributed by atoms with Gasteiger partial charge in [-0.15, -0.1) is 0 Å². The fourth-order valence-corrected chi connectivity index (χ4v) is 5.83. The molecule has 0 aliphatic heterocycles. The summed E-state index contributed by atoms with van der Waals surface area (Å²) in [6.45, 7) is 9.38. The normalized spacial score (nSPS) is 24.8. The number of aromatic nitrogens is 2. The highest BCUT2D eigenvalue weighted by Crippen LogP contribution is 2.61. The number of aliphatic hydroxyl groups is 1. The van der Waals surface area contributed by atoms with Gasteiger partial charge in [0, 0.05) is 12.7 Å². The van der Waals surface area contributed by atoms with E-state index in [9.17, 15) is 14.7 Å². The van der Waals surface area contributed by atoms with Gasteiger partial charge in [-0.05, 0) is 66.9 Å². The SMILES string of the molecule is CC(C)C[C@H](CO)NC(=O)c1cn2c(C(=O)NC[C@@H]3CC[C@H]4C[C@@H]3C4(C)C)cccc2n1. The summed E-state index contributed by atoms with van der Waals surface area (Å²) in [5.74, 6) is 1.92. The van der Waals surface area contributed by atoms with Crippen molar-refractivity contribution in [1.29, 1.82) is 0 Å². The Morgan fingerprint density at radius 1 is 1.25 bits per heavy atom. The molecule has 0 spiro atoms. The van der Waals surface area contributed by atoms with Crippen LogP contribution in [0.25, 0.3) is 5.65 Å². The Kier molecular flexibility index (Phi) is 6.30. The van der Waals surface area contributed by atoms with E-state index < -0.39 is 0 Å². The Morgan fingerprint density at radius 2 is 2.03 bits per heavy atom. The molecule has 2 amide bonds. The molecule has 3 saturated carbocycles. The van der Waals surface area contributed by atoms with Crippen LogP contribution in [0.1, 0.15) is 74.4 Å². The zero-order chi connectivity index (χ0) is 23.0. The quantitative estimate of drug-likeness (QED) is 0.587. The van der Waals surface area contributed by atoms with E-state index >= 15 is 0 Å². The van der Waals surface area contributed by atoms with Crippen LogP contribution in [0.15, 0.2) is 24.4 Å². The molecule has 5 rings (SSSR count). The highest BCUT2D eigenvalue weighted by atomic mass is 16.3. The third-order valence-electron chi connectivity index (χ3n) is 7.80. The first-order valence-corrected chi connectivity index (χ1v) is 11.9. The van der Waals surface area contributed by atoms with Crippen molar-refractivity contribution in [1.82, 2.24) is 20.0 Å². The average Bonchev–Trinajstić information content (AvgIpc) is 3.21. The lowest BCUT2D eigenvalue weighted by atomic mass is 9.45. The fourth-order valence-electron chi connectivity index (χ4n) is 5.83. The van der Waals surface area contributed by atoms with Gasteiger partial charge in [0.25, 0.3) is 11.8 Å². The van der Waals surface area contributed by atoms with Crippen molar-refractivity contribution in [2.24, 2.45) is 29.1 Å². The maximum absolute atomic E-state index is 13.0. The summed E-state index contributed by atoms with van der Waals surface area (Å²) < 4.78 is 1.67. The summed E-state index contributed by atoms with van der Waals surface area (Å²) in [4.78, 5) is 30.1. The van der Waals surface area contributed by atoms with E-state index in [0.717, 1.165) is 5.92 Å².